The average Bonchev–Trinajstić information content (AvgIpc) is 2.53. The van der Waals surface area contributed by atoms with Gasteiger partial charge in [0, 0.05) is 5.69 Å². The summed E-state index contributed by atoms with van der Waals surface area (Å²) in [5, 5.41) is 3.04. The van der Waals surface area contributed by atoms with E-state index in [4.69, 9.17) is 10.5 Å². The zero-order valence-electron chi connectivity index (χ0n) is 13.8. The van der Waals surface area contributed by atoms with E-state index >= 15 is 0 Å². The van der Waals surface area contributed by atoms with Gasteiger partial charge < -0.3 is 15.8 Å². The lowest BCUT2D eigenvalue weighted by Gasteiger charge is -2.16. The van der Waals surface area contributed by atoms with Crippen LogP contribution in [-0.4, -0.2) is 18.6 Å². The number of nitrogens with zero attached hydrogens (tertiary/aromatic N) is 1. The highest BCUT2D eigenvalue weighted by molar-refractivity contribution is 14.0. The van der Waals surface area contributed by atoms with Gasteiger partial charge in [-0.2, -0.15) is 0 Å². The van der Waals surface area contributed by atoms with Crippen molar-refractivity contribution in [2.45, 2.75) is 26.4 Å². The number of ether oxygens (including phenoxy) is 1. The Balaban J connectivity index is 0.00000288. The van der Waals surface area contributed by atoms with Crippen LogP contribution in [0.2, 0.25) is 0 Å². The van der Waals surface area contributed by atoms with E-state index in [-0.39, 0.29) is 41.6 Å². The number of nitrogens with one attached hydrogen (secondary N) is 1. The summed E-state index contributed by atoms with van der Waals surface area (Å²) in [6.07, 6.45) is 0.472. The summed E-state index contributed by atoms with van der Waals surface area (Å²) in [5.74, 6) is 0.173. The molecule has 0 fully saturated rings. The van der Waals surface area contributed by atoms with Gasteiger partial charge in [0.15, 0.2) is 17.5 Å². The second kappa shape index (κ2) is 10.1. The number of guanidine groups is 1. The Bertz CT molecular complexity index is 679. The van der Waals surface area contributed by atoms with E-state index in [0.29, 0.717) is 18.9 Å². The molecule has 0 aliphatic heterocycles. The molecular formula is C18H23FIN3O. The molecule has 6 heteroatoms. The third-order valence-electron chi connectivity index (χ3n) is 3.34. The number of halogens is 2. The highest BCUT2D eigenvalue weighted by Crippen LogP contribution is 2.18. The number of hydrogen-bond donors (Lipinski definition) is 2. The third kappa shape index (κ3) is 6.35. The lowest BCUT2D eigenvalue weighted by molar-refractivity contribution is 0.197. The molecule has 1 atom stereocenters. The van der Waals surface area contributed by atoms with Crippen molar-refractivity contribution in [1.29, 1.82) is 0 Å². The molecule has 130 valence electrons. The van der Waals surface area contributed by atoms with Gasteiger partial charge in [-0.25, -0.2) is 9.38 Å². The third-order valence-corrected chi connectivity index (χ3v) is 3.34. The second-order valence-corrected chi connectivity index (χ2v) is 5.30. The Kier molecular flexibility index (Phi) is 8.53. The molecule has 0 spiro atoms. The maximum atomic E-state index is 13.6. The van der Waals surface area contributed by atoms with Crippen LogP contribution in [0.15, 0.2) is 53.5 Å². The van der Waals surface area contributed by atoms with Gasteiger partial charge in [-0.05, 0) is 43.2 Å². The quantitative estimate of drug-likeness (QED) is 0.397. The van der Waals surface area contributed by atoms with E-state index in [9.17, 15) is 4.39 Å². The fraction of sp³-hybridized carbons (Fsp3) is 0.278. The molecule has 0 saturated carbocycles. The second-order valence-electron chi connectivity index (χ2n) is 5.30. The molecule has 4 nitrogen and oxygen atoms in total. The van der Waals surface area contributed by atoms with Crippen molar-refractivity contribution in [3.63, 3.8) is 0 Å². The molecule has 0 amide bonds. The normalized spacial score (nSPS) is 12.2. The summed E-state index contributed by atoms with van der Waals surface area (Å²) in [6.45, 7) is 4.33. The molecule has 2 aromatic rings. The van der Waals surface area contributed by atoms with E-state index in [1.165, 1.54) is 6.07 Å². The predicted molar refractivity (Wildman–Crippen MR) is 108 cm³/mol. The first-order valence-electron chi connectivity index (χ1n) is 7.63. The van der Waals surface area contributed by atoms with Crippen LogP contribution in [0.1, 0.15) is 18.9 Å². The molecule has 0 aromatic heterocycles. The molecule has 2 rings (SSSR count). The van der Waals surface area contributed by atoms with Crippen LogP contribution in [0.25, 0.3) is 0 Å². The minimum absolute atomic E-state index is 0. The molecule has 24 heavy (non-hydrogen) atoms. The van der Waals surface area contributed by atoms with E-state index in [0.717, 1.165) is 11.3 Å². The van der Waals surface area contributed by atoms with Crippen molar-refractivity contribution in [3.8, 4) is 5.75 Å². The summed E-state index contributed by atoms with van der Waals surface area (Å²) in [7, 11) is 0. The molecule has 0 aliphatic rings. The van der Waals surface area contributed by atoms with Crippen molar-refractivity contribution < 1.29 is 9.13 Å². The molecule has 3 N–H and O–H groups in total. The van der Waals surface area contributed by atoms with Crippen molar-refractivity contribution in [2.75, 3.05) is 11.9 Å². The number of hydrogen-bond acceptors (Lipinski definition) is 2. The van der Waals surface area contributed by atoms with Crippen LogP contribution in [0, 0.1) is 12.7 Å². The smallest absolute Gasteiger partial charge is 0.193 e. The topological polar surface area (TPSA) is 59.6 Å². The summed E-state index contributed by atoms with van der Waals surface area (Å²) in [5.41, 5.74) is 7.91. The molecule has 2 aromatic carbocycles. The fourth-order valence-electron chi connectivity index (χ4n) is 2.08. The highest BCUT2D eigenvalue weighted by atomic mass is 127. The summed E-state index contributed by atoms with van der Waals surface area (Å²) in [6, 6.07) is 14.2. The highest BCUT2D eigenvalue weighted by Gasteiger charge is 2.10. The summed E-state index contributed by atoms with van der Waals surface area (Å²) >= 11 is 0. The number of benzene rings is 2. The zero-order valence-corrected chi connectivity index (χ0v) is 16.2. The predicted octanol–water partition coefficient (Wildman–Crippen LogP) is 4.34. The largest absolute Gasteiger partial charge is 0.485 e. The van der Waals surface area contributed by atoms with Crippen LogP contribution >= 0.6 is 24.0 Å². The van der Waals surface area contributed by atoms with Gasteiger partial charge in [-0.3, -0.25) is 0 Å². The monoisotopic (exact) mass is 443 g/mol. The Morgan fingerprint density at radius 3 is 2.67 bits per heavy atom. The van der Waals surface area contributed by atoms with Crippen LogP contribution in [0.4, 0.5) is 10.1 Å². The first-order chi connectivity index (χ1) is 11.1. The Labute approximate surface area is 159 Å². The average molecular weight is 443 g/mol. The van der Waals surface area contributed by atoms with E-state index in [1.807, 2.05) is 38.1 Å². The van der Waals surface area contributed by atoms with Gasteiger partial charge in [0.1, 0.15) is 6.10 Å². The van der Waals surface area contributed by atoms with Crippen LogP contribution < -0.4 is 15.8 Å². The van der Waals surface area contributed by atoms with Crippen LogP contribution in [-0.2, 0) is 0 Å². The van der Waals surface area contributed by atoms with Crippen molar-refractivity contribution >= 4 is 35.6 Å². The van der Waals surface area contributed by atoms with Crippen LogP contribution in [0.3, 0.4) is 0 Å². The van der Waals surface area contributed by atoms with E-state index in [2.05, 4.69) is 10.3 Å². The minimum Gasteiger partial charge on any atom is -0.485 e. The Morgan fingerprint density at radius 1 is 1.25 bits per heavy atom. The van der Waals surface area contributed by atoms with E-state index in [1.54, 1.807) is 18.2 Å². The van der Waals surface area contributed by atoms with Gasteiger partial charge >= 0.3 is 0 Å². The first-order valence-corrected chi connectivity index (χ1v) is 7.63. The van der Waals surface area contributed by atoms with Crippen molar-refractivity contribution in [1.82, 2.24) is 0 Å². The lowest BCUT2D eigenvalue weighted by atomic mass is 10.2. The van der Waals surface area contributed by atoms with Crippen molar-refractivity contribution in [3.05, 3.63) is 59.9 Å². The van der Waals surface area contributed by atoms with Crippen molar-refractivity contribution in [2.24, 2.45) is 10.7 Å². The number of anilines is 1. The first kappa shape index (κ1) is 20.2. The SMILES string of the molecule is CCC(CN=C(N)Nc1cccc(C)c1)Oc1ccccc1F.I. The maximum Gasteiger partial charge on any atom is 0.193 e. The number of rotatable bonds is 6. The van der Waals surface area contributed by atoms with Crippen LogP contribution in [0.5, 0.6) is 5.75 Å². The molecule has 0 radical (unpaired) electrons. The fourth-order valence-corrected chi connectivity index (χ4v) is 2.08. The summed E-state index contributed by atoms with van der Waals surface area (Å²) in [4.78, 5) is 4.28. The number of aliphatic imine (C=N–C) groups is 1. The Hall–Kier alpha value is -1.83. The molecule has 1 unspecified atom stereocenters. The Morgan fingerprint density at radius 2 is 2.00 bits per heavy atom. The molecule has 0 aliphatic carbocycles. The number of nitrogens with two attached hydrogens (primary N) is 1. The molecule has 0 saturated heterocycles. The standard InChI is InChI=1S/C18H22FN3O.HI/c1-3-15(23-17-10-5-4-9-16(17)19)12-21-18(20)22-14-8-6-7-13(2)11-14;/h4-11,15H,3,12H2,1-2H3,(H3,20,21,22);1H. The minimum atomic E-state index is -0.374. The number of para-hydroxylation sites is 1. The molecular weight excluding hydrogens is 420 g/mol. The van der Waals surface area contributed by atoms with E-state index < -0.39 is 0 Å². The summed E-state index contributed by atoms with van der Waals surface area (Å²) < 4.78 is 19.3. The van der Waals surface area contributed by atoms with Gasteiger partial charge in [0.25, 0.3) is 0 Å². The molecule has 0 heterocycles. The molecule has 0 bridgehead atoms. The van der Waals surface area contributed by atoms with Gasteiger partial charge in [-0.1, -0.05) is 31.2 Å². The van der Waals surface area contributed by atoms with Gasteiger partial charge in [0.05, 0.1) is 6.54 Å². The van der Waals surface area contributed by atoms with Gasteiger partial charge in [0.2, 0.25) is 0 Å². The maximum absolute atomic E-state index is 13.6. The van der Waals surface area contributed by atoms with Gasteiger partial charge in [-0.15, -0.1) is 24.0 Å². The zero-order chi connectivity index (χ0) is 16.7. The number of aryl methyl sites for hydroxylation is 1. The lowest BCUT2D eigenvalue weighted by Crippen LogP contribution is -2.26.